The van der Waals surface area contributed by atoms with Gasteiger partial charge in [0.2, 0.25) is 0 Å². The van der Waals surface area contributed by atoms with Gasteiger partial charge in [-0.15, -0.1) is 0 Å². The lowest BCUT2D eigenvalue weighted by Gasteiger charge is -2.25. The third kappa shape index (κ3) is 3.53. The second-order valence-electron chi connectivity index (χ2n) is 7.84. The number of hydrogen-bond acceptors (Lipinski definition) is 4. The first-order valence-corrected chi connectivity index (χ1v) is 10.6. The second-order valence-corrected chi connectivity index (χ2v) is 7.84. The van der Waals surface area contributed by atoms with Crippen LogP contribution in [0.3, 0.4) is 0 Å². The van der Waals surface area contributed by atoms with E-state index in [4.69, 9.17) is 4.74 Å². The lowest BCUT2D eigenvalue weighted by molar-refractivity contribution is -0.132. The molecule has 1 atom stereocenters. The number of para-hydroxylation sites is 1. The average molecular weight is 435 g/mol. The zero-order valence-electron chi connectivity index (χ0n) is 17.9. The molecule has 1 unspecified atom stereocenters. The summed E-state index contributed by atoms with van der Waals surface area (Å²) in [4.78, 5) is 27.9. The van der Waals surface area contributed by atoms with Crippen LogP contribution in [0.5, 0.6) is 5.75 Å². The van der Waals surface area contributed by atoms with Crippen molar-refractivity contribution in [1.29, 1.82) is 0 Å². The van der Waals surface area contributed by atoms with E-state index < -0.39 is 17.7 Å². The summed E-state index contributed by atoms with van der Waals surface area (Å²) in [5, 5.41) is 13.3. The number of carbonyl (C=O) groups excluding carboxylic acids is 2. The van der Waals surface area contributed by atoms with Crippen LogP contribution < -0.4 is 9.64 Å². The number of fused-ring (bicyclic) bond motifs is 1. The number of carbonyl (C=O) groups is 2. The van der Waals surface area contributed by atoms with Crippen LogP contribution in [0.15, 0.2) is 103 Å². The molecule has 0 bridgehead atoms. The van der Waals surface area contributed by atoms with Gasteiger partial charge in [-0.2, -0.15) is 0 Å². The summed E-state index contributed by atoms with van der Waals surface area (Å²) < 4.78 is 5.37. The summed E-state index contributed by atoms with van der Waals surface area (Å²) in [6.45, 7) is 0. The summed E-state index contributed by atoms with van der Waals surface area (Å²) in [5.74, 6) is -1.02. The minimum absolute atomic E-state index is 0.0485. The molecule has 1 saturated heterocycles. The largest absolute Gasteiger partial charge is 0.507 e. The molecule has 5 nitrogen and oxygen atoms in total. The number of amides is 1. The normalized spacial score (nSPS) is 17.5. The number of rotatable bonds is 4. The number of anilines is 1. The first-order valence-electron chi connectivity index (χ1n) is 10.6. The van der Waals surface area contributed by atoms with Crippen LogP contribution in [0.25, 0.3) is 16.5 Å². The van der Waals surface area contributed by atoms with E-state index in [0.29, 0.717) is 22.6 Å². The number of ether oxygens (including phenoxy) is 1. The van der Waals surface area contributed by atoms with Crippen LogP contribution in [0.2, 0.25) is 0 Å². The molecule has 0 spiro atoms. The molecular formula is C28H21NO4. The second kappa shape index (κ2) is 8.28. The number of benzene rings is 4. The van der Waals surface area contributed by atoms with E-state index in [2.05, 4.69) is 0 Å². The monoisotopic (exact) mass is 435 g/mol. The topological polar surface area (TPSA) is 66.8 Å². The Hall–Kier alpha value is -4.38. The molecule has 1 aliphatic rings. The summed E-state index contributed by atoms with van der Waals surface area (Å²) in [6, 6.07) is 28.6. The van der Waals surface area contributed by atoms with Crippen LogP contribution in [-0.2, 0) is 9.59 Å². The van der Waals surface area contributed by atoms with Crippen LogP contribution >= 0.6 is 0 Å². The number of hydrogen-bond donors (Lipinski definition) is 1. The minimum atomic E-state index is -0.797. The van der Waals surface area contributed by atoms with Gasteiger partial charge in [0.05, 0.1) is 18.7 Å². The molecular weight excluding hydrogens is 414 g/mol. The number of Topliss-reactive ketones (excluding diaryl/α,β-unsaturated/α-hetero) is 1. The molecule has 1 heterocycles. The number of aliphatic hydroxyl groups is 1. The van der Waals surface area contributed by atoms with Crippen molar-refractivity contribution in [3.05, 3.63) is 114 Å². The van der Waals surface area contributed by atoms with Gasteiger partial charge in [0.1, 0.15) is 11.5 Å². The van der Waals surface area contributed by atoms with Crippen molar-refractivity contribution in [2.45, 2.75) is 6.04 Å². The van der Waals surface area contributed by atoms with Crippen molar-refractivity contribution >= 4 is 33.9 Å². The molecule has 33 heavy (non-hydrogen) atoms. The van der Waals surface area contributed by atoms with Crippen molar-refractivity contribution in [2.24, 2.45) is 0 Å². The highest BCUT2D eigenvalue weighted by molar-refractivity contribution is 6.51. The fourth-order valence-corrected chi connectivity index (χ4v) is 4.31. The van der Waals surface area contributed by atoms with E-state index in [1.807, 2.05) is 48.5 Å². The lowest BCUT2D eigenvalue weighted by Crippen LogP contribution is -2.29. The first-order chi connectivity index (χ1) is 16.1. The molecule has 0 aliphatic carbocycles. The number of ketones is 1. The van der Waals surface area contributed by atoms with Crippen molar-refractivity contribution in [2.75, 3.05) is 12.0 Å². The fourth-order valence-electron chi connectivity index (χ4n) is 4.31. The van der Waals surface area contributed by atoms with Gasteiger partial charge in [0.25, 0.3) is 11.7 Å². The molecule has 4 aromatic rings. The Kier molecular flexibility index (Phi) is 5.15. The van der Waals surface area contributed by atoms with Gasteiger partial charge in [-0.3, -0.25) is 14.5 Å². The van der Waals surface area contributed by atoms with Gasteiger partial charge in [-0.25, -0.2) is 0 Å². The number of nitrogens with zero attached hydrogens (tertiary/aromatic N) is 1. The maximum absolute atomic E-state index is 13.3. The fraction of sp³-hybridized carbons (Fsp3) is 0.0714. The Bertz CT molecular complexity index is 1410. The Balaban J connectivity index is 1.74. The molecule has 1 aliphatic heterocycles. The Morgan fingerprint density at radius 2 is 1.55 bits per heavy atom. The van der Waals surface area contributed by atoms with E-state index in [1.54, 1.807) is 55.6 Å². The highest BCUT2D eigenvalue weighted by Crippen LogP contribution is 2.42. The standard InChI is InChI=1S/C28H21NO4/c1-33-23-13-7-10-20(17-23)25-24(27(31)28(32)29(25)22-11-3-2-4-12-22)26(30)21-15-14-18-8-5-6-9-19(18)16-21/h2-17,25,30H,1H3/b26-24-. The SMILES string of the molecule is COc1cccc(C2/C(=C(/O)c3ccc4ccccc4c3)C(=O)C(=O)N2c2ccccc2)c1. The maximum atomic E-state index is 13.3. The molecule has 4 aromatic carbocycles. The van der Waals surface area contributed by atoms with Gasteiger partial charge < -0.3 is 9.84 Å². The Labute approximate surface area is 191 Å². The Morgan fingerprint density at radius 1 is 0.818 bits per heavy atom. The zero-order valence-corrected chi connectivity index (χ0v) is 17.9. The zero-order chi connectivity index (χ0) is 22.9. The predicted molar refractivity (Wildman–Crippen MR) is 128 cm³/mol. The van der Waals surface area contributed by atoms with Crippen molar-refractivity contribution in [3.8, 4) is 5.75 Å². The van der Waals surface area contributed by atoms with E-state index in [9.17, 15) is 14.7 Å². The third-order valence-corrected chi connectivity index (χ3v) is 5.91. The minimum Gasteiger partial charge on any atom is -0.507 e. The number of methoxy groups -OCH3 is 1. The van der Waals surface area contributed by atoms with Crippen LogP contribution in [-0.4, -0.2) is 23.9 Å². The van der Waals surface area contributed by atoms with Crippen molar-refractivity contribution < 1.29 is 19.4 Å². The van der Waals surface area contributed by atoms with E-state index in [1.165, 1.54) is 4.90 Å². The lowest BCUT2D eigenvalue weighted by atomic mass is 9.94. The smallest absolute Gasteiger partial charge is 0.300 e. The van der Waals surface area contributed by atoms with Gasteiger partial charge >= 0.3 is 0 Å². The first kappa shape index (κ1) is 20.5. The van der Waals surface area contributed by atoms with Gasteiger partial charge in [0, 0.05) is 11.3 Å². The van der Waals surface area contributed by atoms with Gasteiger partial charge in [0.15, 0.2) is 0 Å². The van der Waals surface area contributed by atoms with Crippen molar-refractivity contribution in [1.82, 2.24) is 0 Å². The predicted octanol–water partition coefficient (Wildman–Crippen LogP) is 5.47. The van der Waals surface area contributed by atoms with Crippen LogP contribution in [0.1, 0.15) is 17.2 Å². The summed E-state index contributed by atoms with van der Waals surface area (Å²) >= 11 is 0. The van der Waals surface area contributed by atoms with Gasteiger partial charge in [-0.05, 0) is 46.7 Å². The maximum Gasteiger partial charge on any atom is 0.300 e. The summed E-state index contributed by atoms with van der Waals surface area (Å²) in [6.07, 6.45) is 0. The quantitative estimate of drug-likeness (QED) is 0.262. The molecule has 1 N–H and O–H groups in total. The molecule has 0 radical (unpaired) electrons. The summed E-state index contributed by atoms with van der Waals surface area (Å²) in [7, 11) is 1.56. The van der Waals surface area contributed by atoms with Crippen LogP contribution in [0, 0.1) is 0 Å². The molecule has 1 amide bonds. The third-order valence-electron chi connectivity index (χ3n) is 5.91. The average Bonchev–Trinajstić information content (AvgIpc) is 3.14. The number of aliphatic hydroxyl groups excluding tert-OH is 1. The molecule has 162 valence electrons. The van der Waals surface area contributed by atoms with E-state index >= 15 is 0 Å². The van der Waals surface area contributed by atoms with Crippen molar-refractivity contribution in [3.63, 3.8) is 0 Å². The highest BCUT2D eigenvalue weighted by atomic mass is 16.5. The van der Waals surface area contributed by atoms with Crippen LogP contribution in [0.4, 0.5) is 5.69 Å². The molecule has 5 heteroatoms. The molecule has 5 rings (SSSR count). The molecule has 0 aromatic heterocycles. The van der Waals surface area contributed by atoms with E-state index in [0.717, 1.165) is 10.8 Å². The summed E-state index contributed by atoms with van der Waals surface area (Å²) in [5.41, 5.74) is 1.77. The van der Waals surface area contributed by atoms with Gasteiger partial charge in [-0.1, -0.05) is 66.7 Å². The molecule has 1 fully saturated rings. The Morgan fingerprint density at radius 3 is 2.30 bits per heavy atom. The van der Waals surface area contributed by atoms with E-state index in [-0.39, 0.29) is 11.3 Å². The highest BCUT2D eigenvalue weighted by Gasteiger charge is 2.47. The molecule has 0 saturated carbocycles.